The van der Waals surface area contributed by atoms with Crippen LogP contribution in [0, 0.1) is 5.82 Å². The van der Waals surface area contributed by atoms with Gasteiger partial charge in [-0.3, -0.25) is 9.36 Å². The first-order valence-corrected chi connectivity index (χ1v) is 9.18. The summed E-state index contributed by atoms with van der Waals surface area (Å²) in [6.45, 7) is 6.23. The quantitative estimate of drug-likeness (QED) is 0.704. The lowest BCUT2D eigenvalue weighted by Crippen LogP contribution is -2.33. The highest BCUT2D eigenvalue weighted by Gasteiger charge is 2.20. The topological polar surface area (TPSA) is 79.8 Å². The van der Waals surface area contributed by atoms with Gasteiger partial charge in [-0.25, -0.2) is 14.3 Å². The first-order chi connectivity index (χ1) is 11.9. The zero-order valence-electron chi connectivity index (χ0n) is 14.6. The predicted octanol–water partition coefficient (Wildman–Crippen LogP) is 2.87. The number of unbranched alkanes of at least 4 members (excludes halogenated alkanes) is 1. The molecule has 0 aliphatic rings. The van der Waals surface area contributed by atoms with Gasteiger partial charge in [-0.1, -0.05) is 37.2 Å². The zero-order chi connectivity index (χ0) is 18.4. The molecule has 0 saturated heterocycles. The second kappa shape index (κ2) is 8.84. The molecule has 6 nitrogen and oxygen atoms in total. The first-order valence-electron chi connectivity index (χ1n) is 8.30. The minimum Gasteiger partial charge on any atom is -0.349 e. The second-order valence-corrected chi connectivity index (χ2v) is 7.17. The van der Waals surface area contributed by atoms with Crippen LogP contribution in [0.3, 0.4) is 0 Å². The summed E-state index contributed by atoms with van der Waals surface area (Å²) < 4.78 is 14.5. The molecular formula is C17H23FN4O2S. The molecule has 0 unspecified atom stereocenters. The Bertz CT molecular complexity index is 757. The molecule has 8 heteroatoms. The van der Waals surface area contributed by atoms with Gasteiger partial charge in [0, 0.05) is 6.54 Å². The molecule has 2 atom stereocenters. The van der Waals surface area contributed by atoms with E-state index in [9.17, 15) is 14.0 Å². The third-order valence-electron chi connectivity index (χ3n) is 3.84. The summed E-state index contributed by atoms with van der Waals surface area (Å²) in [7, 11) is 0. The van der Waals surface area contributed by atoms with E-state index in [4.69, 9.17) is 0 Å². The van der Waals surface area contributed by atoms with Crippen molar-refractivity contribution < 1.29 is 9.18 Å². The summed E-state index contributed by atoms with van der Waals surface area (Å²) in [4.78, 5) is 24.2. The molecule has 0 aliphatic heterocycles. The predicted molar refractivity (Wildman–Crippen MR) is 96.0 cm³/mol. The van der Waals surface area contributed by atoms with Crippen molar-refractivity contribution >= 4 is 17.7 Å². The molecule has 2 aromatic rings. The van der Waals surface area contributed by atoms with Crippen molar-refractivity contribution in [2.75, 3.05) is 0 Å². The highest BCUT2D eigenvalue weighted by molar-refractivity contribution is 8.00. The Morgan fingerprint density at radius 3 is 2.68 bits per heavy atom. The summed E-state index contributed by atoms with van der Waals surface area (Å²) in [5.41, 5.74) is 0.565. The summed E-state index contributed by atoms with van der Waals surface area (Å²) in [6, 6.07) is 5.79. The van der Waals surface area contributed by atoms with Crippen LogP contribution in [0.15, 0.2) is 34.2 Å². The van der Waals surface area contributed by atoms with Crippen LogP contribution in [0.4, 0.5) is 4.39 Å². The Morgan fingerprint density at radius 2 is 2.04 bits per heavy atom. The van der Waals surface area contributed by atoms with E-state index >= 15 is 0 Å². The fourth-order valence-electron chi connectivity index (χ4n) is 2.28. The van der Waals surface area contributed by atoms with Crippen molar-refractivity contribution in [2.45, 2.75) is 56.6 Å². The van der Waals surface area contributed by atoms with E-state index < -0.39 is 5.25 Å². The number of aromatic amines is 1. The Morgan fingerprint density at radius 1 is 1.36 bits per heavy atom. The highest BCUT2D eigenvalue weighted by atomic mass is 32.2. The van der Waals surface area contributed by atoms with E-state index in [1.165, 1.54) is 23.9 Å². The van der Waals surface area contributed by atoms with Crippen LogP contribution < -0.4 is 11.0 Å². The van der Waals surface area contributed by atoms with Gasteiger partial charge in [-0.05, 0) is 38.0 Å². The van der Waals surface area contributed by atoms with Crippen molar-refractivity contribution in [3.05, 3.63) is 46.1 Å². The Kier molecular flexibility index (Phi) is 6.81. The maximum atomic E-state index is 13.0. The molecular weight excluding hydrogens is 343 g/mol. The van der Waals surface area contributed by atoms with Crippen molar-refractivity contribution in [2.24, 2.45) is 0 Å². The number of carbonyl (C=O) groups excluding carboxylic acids is 1. The zero-order valence-corrected chi connectivity index (χ0v) is 15.4. The molecule has 2 N–H and O–H groups in total. The number of H-pyrrole nitrogens is 1. The van der Waals surface area contributed by atoms with Gasteiger partial charge in [-0.2, -0.15) is 0 Å². The molecule has 136 valence electrons. The van der Waals surface area contributed by atoms with E-state index in [2.05, 4.69) is 15.5 Å². The molecule has 1 aromatic heterocycles. The molecule has 0 aliphatic carbocycles. The van der Waals surface area contributed by atoms with Crippen LogP contribution >= 0.6 is 11.8 Å². The van der Waals surface area contributed by atoms with Crippen molar-refractivity contribution in [3.8, 4) is 0 Å². The third-order valence-corrected chi connectivity index (χ3v) is 4.93. The molecule has 0 bridgehead atoms. The second-order valence-electron chi connectivity index (χ2n) is 5.86. The Balaban J connectivity index is 1.98. The van der Waals surface area contributed by atoms with Crippen molar-refractivity contribution in [3.63, 3.8) is 0 Å². The molecule has 2 rings (SSSR count). The fraction of sp³-hybridized carbons (Fsp3) is 0.471. The van der Waals surface area contributed by atoms with Crippen LogP contribution in [0.1, 0.15) is 45.2 Å². The van der Waals surface area contributed by atoms with Gasteiger partial charge in [-0.15, -0.1) is 5.10 Å². The molecule has 1 amide bonds. The van der Waals surface area contributed by atoms with Gasteiger partial charge < -0.3 is 5.32 Å². The number of hydrogen-bond acceptors (Lipinski definition) is 4. The molecule has 1 aromatic carbocycles. The summed E-state index contributed by atoms with van der Waals surface area (Å²) in [6.07, 6.45) is 1.84. The average Bonchev–Trinajstić information content (AvgIpc) is 2.93. The molecule has 25 heavy (non-hydrogen) atoms. The number of nitrogens with one attached hydrogen (secondary N) is 2. The third kappa shape index (κ3) is 5.19. The normalized spacial score (nSPS) is 13.4. The maximum absolute atomic E-state index is 13.0. The van der Waals surface area contributed by atoms with Crippen molar-refractivity contribution in [1.82, 2.24) is 20.1 Å². The number of thioether (sulfide) groups is 1. The minimum absolute atomic E-state index is 0.167. The van der Waals surface area contributed by atoms with Gasteiger partial charge in [0.15, 0.2) is 5.16 Å². The van der Waals surface area contributed by atoms with Crippen LogP contribution in [0.25, 0.3) is 0 Å². The standard InChI is InChI=1S/C17H23FN4O2S/c1-4-5-10-22-16(24)20-21-17(22)25-12(3)15(23)19-11(2)13-6-8-14(18)9-7-13/h6-9,11-12H,4-5,10H2,1-3H3,(H,19,23)(H,20,24)/t11-,12-/m0/s1. The van der Waals surface area contributed by atoms with Gasteiger partial charge in [0.1, 0.15) is 5.82 Å². The van der Waals surface area contributed by atoms with Crippen LogP contribution in [0.2, 0.25) is 0 Å². The molecule has 0 radical (unpaired) electrons. The van der Waals surface area contributed by atoms with Crippen LogP contribution in [-0.2, 0) is 11.3 Å². The number of amides is 1. The first kappa shape index (κ1) is 19.2. The van der Waals surface area contributed by atoms with Gasteiger partial charge in [0.05, 0.1) is 11.3 Å². The van der Waals surface area contributed by atoms with Gasteiger partial charge in [0.25, 0.3) is 0 Å². The van der Waals surface area contributed by atoms with E-state index in [0.717, 1.165) is 18.4 Å². The summed E-state index contributed by atoms with van der Waals surface area (Å²) in [5.74, 6) is -0.478. The molecule has 1 heterocycles. The number of benzene rings is 1. The van der Waals surface area contributed by atoms with E-state index in [-0.39, 0.29) is 23.5 Å². The number of hydrogen-bond donors (Lipinski definition) is 2. The van der Waals surface area contributed by atoms with Gasteiger partial charge in [0.2, 0.25) is 5.91 Å². The number of halogens is 1. The van der Waals surface area contributed by atoms with Gasteiger partial charge >= 0.3 is 5.69 Å². The number of aromatic nitrogens is 3. The van der Waals surface area contributed by atoms with Crippen LogP contribution in [0.5, 0.6) is 0 Å². The number of rotatable bonds is 8. The van der Waals surface area contributed by atoms with E-state index in [1.54, 1.807) is 23.6 Å². The van der Waals surface area contributed by atoms with Crippen LogP contribution in [-0.4, -0.2) is 25.9 Å². The minimum atomic E-state index is -0.418. The monoisotopic (exact) mass is 366 g/mol. The fourth-order valence-corrected chi connectivity index (χ4v) is 3.17. The lowest BCUT2D eigenvalue weighted by Gasteiger charge is -2.17. The summed E-state index contributed by atoms with van der Waals surface area (Å²) >= 11 is 1.24. The Labute approximate surface area is 150 Å². The highest BCUT2D eigenvalue weighted by Crippen LogP contribution is 2.21. The summed E-state index contributed by atoms with van der Waals surface area (Å²) in [5, 5.41) is 9.43. The molecule has 0 saturated carbocycles. The molecule has 0 fully saturated rings. The SMILES string of the molecule is CCCCn1c(S[C@@H](C)C(=O)N[C@@H](C)c2ccc(F)cc2)n[nH]c1=O. The lowest BCUT2D eigenvalue weighted by molar-refractivity contribution is -0.120. The Hall–Kier alpha value is -2.09. The van der Waals surface area contributed by atoms with Crippen molar-refractivity contribution in [1.29, 1.82) is 0 Å². The molecule has 0 spiro atoms. The number of nitrogens with zero attached hydrogens (tertiary/aromatic N) is 2. The maximum Gasteiger partial charge on any atom is 0.343 e. The number of carbonyl (C=O) groups is 1. The smallest absolute Gasteiger partial charge is 0.343 e. The van der Waals surface area contributed by atoms with E-state index in [1.807, 2.05) is 13.8 Å². The average molecular weight is 366 g/mol. The lowest BCUT2D eigenvalue weighted by atomic mass is 10.1. The van der Waals surface area contributed by atoms with E-state index in [0.29, 0.717) is 11.7 Å². The largest absolute Gasteiger partial charge is 0.349 e.